The molecule has 3 nitrogen and oxygen atoms in total. The van der Waals surface area contributed by atoms with Crippen molar-refractivity contribution in [3.63, 3.8) is 0 Å². The smallest absolute Gasteiger partial charge is 0.305 e. The Morgan fingerprint density at radius 2 is 1.86 bits per heavy atom. The van der Waals surface area contributed by atoms with E-state index in [1.54, 1.807) is 0 Å². The highest BCUT2D eigenvalue weighted by Crippen LogP contribution is 1.96. The van der Waals surface area contributed by atoms with E-state index in [2.05, 4.69) is 12.2 Å². The van der Waals surface area contributed by atoms with Crippen molar-refractivity contribution in [1.29, 1.82) is 0 Å². The third-order valence-corrected chi connectivity index (χ3v) is 2.00. The Hall–Kier alpha value is -0.570. The molecule has 0 saturated carbocycles. The zero-order valence-corrected chi connectivity index (χ0v) is 9.47. The van der Waals surface area contributed by atoms with E-state index in [1.165, 1.54) is 12.8 Å². The van der Waals surface area contributed by atoms with E-state index in [1.807, 2.05) is 6.92 Å². The molecule has 0 aliphatic rings. The minimum absolute atomic E-state index is 0.0685. The molecule has 1 N–H and O–H groups in total. The molecule has 14 heavy (non-hydrogen) atoms. The molecule has 84 valence electrons. The van der Waals surface area contributed by atoms with Gasteiger partial charge in [-0.1, -0.05) is 13.3 Å². The van der Waals surface area contributed by atoms with Crippen LogP contribution in [0.5, 0.6) is 0 Å². The van der Waals surface area contributed by atoms with Crippen LogP contribution in [0.3, 0.4) is 0 Å². The lowest BCUT2D eigenvalue weighted by molar-refractivity contribution is -0.143. The van der Waals surface area contributed by atoms with Crippen molar-refractivity contribution in [2.24, 2.45) is 0 Å². The zero-order valence-electron chi connectivity index (χ0n) is 9.47. The molecule has 0 aromatic rings. The Kier molecular flexibility index (Phi) is 10.1. The summed E-state index contributed by atoms with van der Waals surface area (Å²) < 4.78 is 4.83. The second-order valence-electron chi connectivity index (χ2n) is 3.37. The monoisotopic (exact) mass is 201 g/mol. The first-order valence-electron chi connectivity index (χ1n) is 5.67. The summed E-state index contributed by atoms with van der Waals surface area (Å²) in [6.45, 7) is 6.62. The quantitative estimate of drug-likeness (QED) is 0.458. The van der Waals surface area contributed by atoms with E-state index in [0.717, 1.165) is 25.9 Å². The Balaban J connectivity index is 3.01. The molecule has 0 rings (SSSR count). The number of rotatable bonds is 9. The molecule has 0 amide bonds. The molecule has 0 bridgehead atoms. The number of hydrogen-bond donors (Lipinski definition) is 1. The molecule has 0 aromatic carbocycles. The van der Waals surface area contributed by atoms with Gasteiger partial charge in [-0.05, 0) is 39.3 Å². The summed E-state index contributed by atoms with van der Waals surface area (Å²) in [7, 11) is 0. The van der Waals surface area contributed by atoms with Crippen molar-refractivity contribution in [2.75, 3.05) is 19.7 Å². The summed E-state index contributed by atoms with van der Waals surface area (Å²) in [5.41, 5.74) is 0. The van der Waals surface area contributed by atoms with E-state index in [0.29, 0.717) is 13.0 Å². The van der Waals surface area contributed by atoms with Gasteiger partial charge in [0.25, 0.3) is 0 Å². The lowest BCUT2D eigenvalue weighted by atomic mass is 10.2. The summed E-state index contributed by atoms with van der Waals surface area (Å²) in [5, 5.41) is 3.34. The number of unbranched alkanes of at least 4 members (excludes halogenated alkanes) is 2. The van der Waals surface area contributed by atoms with Gasteiger partial charge in [0.2, 0.25) is 0 Å². The van der Waals surface area contributed by atoms with E-state index >= 15 is 0 Å². The van der Waals surface area contributed by atoms with Gasteiger partial charge in [0.15, 0.2) is 0 Å². The molecule has 0 fully saturated rings. The molecule has 0 aliphatic carbocycles. The second-order valence-corrected chi connectivity index (χ2v) is 3.37. The Morgan fingerprint density at radius 3 is 2.50 bits per heavy atom. The SMILES string of the molecule is CCCCNCCCCC(=O)OCC. The van der Waals surface area contributed by atoms with Gasteiger partial charge in [0, 0.05) is 6.42 Å². The van der Waals surface area contributed by atoms with Crippen LogP contribution in [0.4, 0.5) is 0 Å². The van der Waals surface area contributed by atoms with Crippen LogP contribution in [0.15, 0.2) is 0 Å². The van der Waals surface area contributed by atoms with Crippen molar-refractivity contribution >= 4 is 5.97 Å². The van der Waals surface area contributed by atoms with Gasteiger partial charge < -0.3 is 10.1 Å². The fourth-order valence-electron chi connectivity index (χ4n) is 1.18. The maximum Gasteiger partial charge on any atom is 0.305 e. The van der Waals surface area contributed by atoms with Crippen LogP contribution in [-0.4, -0.2) is 25.7 Å². The van der Waals surface area contributed by atoms with Gasteiger partial charge in [-0.2, -0.15) is 0 Å². The maximum absolute atomic E-state index is 10.9. The average molecular weight is 201 g/mol. The fourth-order valence-corrected chi connectivity index (χ4v) is 1.18. The largest absolute Gasteiger partial charge is 0.466 e. The van der Waals surface area contributed by atoms with Crippen molar-refractivity contribution in [2.45, 2.75) is 46.0 Å². The third-order valence-electron chi connectivity index (χ3n) is 2.00. The zero-order chi connectivity index (χ0) is 10.6. The van der Waals surface area contributed by atoms with Crippen LogP contribution in [0.1, 0.15) is 46.0 Å². The number of carbonyl (C=O) groups is 1. The second kappa shape index (κ2) is 10.5. The highest BCUT2D eigenvalue weighted by atomic mass is 16.5. The van der Waals surface area contributed by atoms with Gasteiger partial charge in [-0.3, -0.25) is 4.79 Å². The molecule has 0 aliphatic heterocycles. The highest BCUT2D eigenvalue weighted by Gasteiger charge is 1.99. The van der Waals surface area contributed by atoms with Gasteiger partial charge >= 0.3 is 5.97 Å². The first-order valence-corrected chi connectivity index (χ1v) is 5.67. The number of nitrogens with one attached hydrogen (secondary N) is 1. The average Bonchev–Trinajstić information content (AvgIpc) is 2.17. The van der Waals surface area contributed by atoms with Crippen LogP contribution in [-0.2, 0) is 9.53 Å². The predicted octanol–water partition coefficient (Wildman–Crippen LogP) is 2.11. The number of esters is 1. The summed E-state index contributed by atoms with van der Waals surface area (Å²) in [6, 6.07) is 0. The third kappa shape index (κ3) is 9.52. The molecular weight excluding hydrogens is 178 g/mol. The van der Waals surface area contributed by atoms with Gasteiger partial charge in [0.1, 0.15) is 0 Å². The number of ether oxygens (including phenoxy) is 1. The van der Waals surface area contributed by atoms with E-state index in [-0.39, 0.29) is 5.97 Å². The van der Waals surface area contributed by atoms with Gasteiger partial charge in [-0.15, -0.1) is 0 Å². The molecule has 0 atom stereocenters. The topological polar surface area (TPSA) is 38.3 Å². The Morgan fingerprint density at radius 1 is 1.14 bits per heavy atom. The van der Waals surface area contributed by atoms with E-state index < -0.39 is 0 Å². The summed E-state index contributed by atoms with van der Waals surface area (Å²) in [6.07, 6.45) is 5.01. The summed E-state index contributed by atoms with van der Waals surface area (Å²) >= 11 is 0. The lowest BCUT2D eigenvalue weighted by Crippen LogP contribution is -2.16. The number of hydrogen-bond acceptors (Lipinski definition) is 3. The maximum atomic E-state index is 10.9. The Bertz CT molecular complexity index is 137. The normalized spacial score (nSPS) is 10.1. The van der Waals surface area contributed by atoms with E-state index in [9.17, 15) is 4.79 Å². The predicted molar refractivity (Wildman–Crippen MR) is 58.3 cm³/mol. The minimum Gasteiger partial charge on any atom is -0.466 e. The summed E-state index contributed by atoms with van der Waals surface area (Å²) in [4.78, 5) is 10.9. The molecule has 3 heteroatoms. The molecular formula is C11H23NO2. The minimum atomic E-state index is -0.0685. The Labute approximate surface area is 87.2 Å². The van der Waals surface area contributed by atoms with Crippen molar-refractivity contribution in [3.8, 4) is 0 Å². The molecule has 0 aromatic heterocycles. The first kappa shape index (κ1) is 13.4. The van der Waals surface area contributed by atoms with Crippen LogP contribution >= 0.6 is 0 Å². The highest BCUT2D eigenvalue weighted by molar-refractivity contribution is 5.69. The summed E-state index contributed by atoms with van der Waals surface area (Å²) in [5.74, 6) is -0.0685. The number of carbonyl (C=O) groups excluding carboxylic acids is 1. The fraction of sp³-hybridized carbons (Fsp3) is 0.909. The van der Waals surface area contributed by atoms with Gasteiger partial charge in [-0.25, -0.2) is 0 Å². The van der Waals surface area contributed by atoms with Crippen LogP contribution < -0.4 is 5.32 Å². The first-order chi connectivity index (χ1) is 6.81. The van der Waals surface area contributed by atoms with Gasteiger partial charge in [0.05, 0.1) is 6.61 Å². The lowest BCUT2D eigenvalue weighted by Gasteiger charge is -2.03. The van der Waals surface area contributed by atoms with Crippen LogP contribution in [0.25, 0.3) is 0 Å². The molecule has 0 unspecified atom stereocenters. The molecule has 0 heterocycles. The van der Waals surface area contributed by atoms with Crippen molar-refractivity contribution in [3.05, 3.63) is 0 Å². The van der Waals surface area contributed by atoms with Crippen LogP contribution in [0, 0.1) is 0 Å². The standard InChI is InChI=1S/C11H23NO2/c1-3-5-9-12-10-7-6-8-11(13)14-4-2/h12H,3-10H2,1-2H3. The molecule has 0 radical (unpaired) electrons. The van der Waals surface area contributed by atoms with Crippen molar-refractivity contribution < 1.29 is 9.53 Å². The molecule has 0 saturated heterocycles. The molecule has 0 spiro atoms. The van der Waals surface area contributed by atoms with Crippen molar-refractivity contribution in [1.82, 2.24) is 5.32 Å². The van der Waals surface area contributed by atoms with Crippen LogP contribution in [0.2, 0.25) is 0 Å². The van der Waals surface area contributed by atoms with E-state index in [4.69, 9.17) is 4.74 Å².